The van der Waals surface area contributed by atoms with Crippen molar-refractivity contribution in [2.45, 2.75) is 25.4 Å². The van der Waals surface area contributed by atoms with Gasteiger partial charge in [-0.2, -0.15) is 0 Å². The average Bonchev–Trinajstić information content (AvgIpc) is 2.53. The molecule has 7 heteroatoms. The van der Waals surface area contributed by atoms with Crippen molar-refractivity contribution >= 4 is 11.7 Å². The zero-order chi connectivity index (χ0) is 17.3. The molecule has 2 saturated heterocycles. The van der Waals surface area contributed by atoms with Gasteiger partial charge in [0.1, 0.15) is 5.82 Å². The van der Waals surface area contributed by atoms with Crippen LogP contribution in [0.3, 0.4) is 0 Å². The zero-order valence-electron chi connectivity index (χ0n) is 14.8. The number of likely N-dealkylation sites (tertiary alicyclic amines) is 1. The van der Waals surface area contributed by atoms with E-state index in [0.717, 1.165) is 18.1 Å². The quantitative estimate of drug-likeness (QED) is 0.848. The molecule has 0 unspecified atom stereocenters. The summed E-state index contributed by atoms with van der Waals surface area (Å²) in [7, 11) is 3.80. The minimum atomic E-state index is -0.665. The Kier molecular flexibility index (Phi) is 4.73. The highest BCUT2D eigenvalue weighted by Crippen LogP contribution is 2.37. The lowest BCUT2D eigenvalue weighted by atomic mass is 9.75. The minimum absolute atomic E-state index is 0.0486. The lowest BCUT2D eigenvalue weighted by molar-refractivity contribution is -0.141. The molecular formula is C17H27N5O2. The van der Waals surface area contributed by atoms with Gasteiger partial charge in [-0.1, -0.05) is 0 Å². The number of anilines is 1. The number of fused-ring (bicyclic) bond motifs is 1. The maximum Gasteiger partial charge on any atom is 0.236 e. The van der Waals surface area contributed by atoms with E-state index >= 15 is 0 Å². The number of hydrogen-bond donors (Lipinski definition) is 1. The summed E-state index contributed by atoms with van der Waals surface area (Å²) >= 11 is 0. The molecule has 3 rings (SSSR count). The van der Waals surface area contributed by atoms with Crippen molar-refractivity contribution in [2.24, 2.45) is 5.92 Å². The number of aromatic nitrogens is 2. The van der Waals surface area contributed by atoms with E-state index in [1.54, 1.807) is 12.4 Å². The van der Waals surface area contributed by atoms with Gasteiger partial charge in [-0.3, -0.25) is 9.78 Å². The van der Waals surface area contributed by atoms with E-state index in [4.69, 9.17) is 0 Å². The molecule has 1 amide bonds. The van der Waals surface area contributed by atoms with Crippen molar-refractivity contribution in [1.29, 1.82) is 0 Å². The Morgan fingerprint density at radius 3 is 2.71 bits per heavy atom. The summed E-state index contributed by atoms with van der Waals surface area (Å²) in [6.07, 6.45) is 4.77. The van der Waals surface area contributed by atoms with Crippen LogP contribution in [0.1, 0.15) is 18.5 Å². The molecule has 0 spiro atoms. The summed E-state index contributed by atoms with van der Waals surface area (Å²) < 4.78 is 0. The maximum atomic E-state index is 12.4. The molecule has 2 aliphatic heterocycles. The SMILES string of the molecule is Cc1nccnc1N1CC[C@]2(O)CCN(C(=O)CN(C)C)C[C@@H]2C1. The third kappa shape index (κ3) is 3.37. The molecule has 7 nitrogen and oxygen atoms in total. The van der Waals surface area contributed by atoms with Crippen LogP contribution in [0.5, 0.6) is 0 Å². The molecule has 2 fully saturated rings. The van der Waals surface area contributed by atoms with E-state index in [2.05, 4.69) is 14.9 Å². The number of aryl methyl sites for hydroxylation is 1. The Labute approximate surface area is 143 Å². The number of aliphatic hydroxyl groups is 1. The number of piperidine rings is 2. The summed E-state index contributed by atoms with van der Waals surface area (Å²) in [5, 5.41) is 11.0. The Hall–Kier alpha value is -1.73. The molecule has 3 heterocycles. The van der Waals surface area contributed by atoms with Gasteiger partial charge in [0.25, 0.3) is 0 Å². The van der Waals surface area contributed by atoms with Gasteiger partial charge in [-0.25, -0.2) is 4.98 Å². The molecular weight excluding hydrogens is 306 g/mol. The number of carbonyl (C=O) groups is 1. The fourth-order valence-electron chi connectivity index (χ4n) is 3.80. The van der Waals surface area contributed by atoms with Crippen LogP contribution in [0, 0.1) is 12.8 Å². The number of nitrogens with zero attached hydrogens (tertiary/aromatic N) is 5. The third-order valence-electron chi connectivity index (χ3n) is 5.23. The van der Waals surface area contributed by atoms with Gasteiger partial charge in [0.15, 0.2) is 0 Å². The summed E-state index contributed by atoms with van der Waals surface area (Å²) in [4.78, 5) is 27.1. The van der Waals surface area contributed by atoms with Gasteiger partial charge in [0, 0.05) is 44.5 Å². The zero-order valence-corrected chi connectivity index (χ0v) is 14.8. The van der Waals surface area contributed by atoms with E-state index < -0.39 is 5.60 Å². The van der Waals surface area contributed by atoms with Gasteiger partial charge in [0.05, 0.1) is 17.8 Å². The van der Waals surface area contributed by atoms with Crippen LogP contribution >= 0.6 is 0 Å². The molecule has 24 heavy (non-hydrogen) atoms. The number of likely N-dealkylation sites (N-methyl/N-ethyl adjacent to an activating group) is 1. The first-order valence-electron chi connectivity index (χ1n) is 8.56. The number of rotatable bonds is 3. The van der Waals surface area contributed by atoms with Crippen molar-refractivity contribution in [1.82, 2.24) is 19.8 Å². The molecule has 1 aromatic rings. The van der Waals surface area contributed by atoms with Crippen molar-refractivity contribution in [3.8, 4) is 0 Å². The second-order valence-electron chi connectivity index (χ2n) is 7.29. The summed E-state index contributed by atoms with van der Waals surface area (Å²) in [5.41, 5.74) is 0.237. The first-order chi connectivity index (χ1) is 11.4. The normalized spacial score (nSPS) is 27.3. The Bertz CT molecular complexity index is 608. The first-order valence-corrected chi connectivity index (χ1v) is 8.56. The average molecular weight is 333 g/mol. The lowest BCUT2D eigenvalue weighted by Gasteiger charge is -2.50. The lowest BCUT2D eigenvalue weighted by Crippen LogP contribution is -2.61. The predicted molar refractivity (Wildman–Crippen MR) is 91.8 cm³/mol. The standard InChI is InChI=1S/C17H27N5O2/c1-13-16(19-7-6-18-13)22-9-5-17(24)4-8-21(10-14(17)11-22)15(23)12-20(2)3/h6-7,14,24H,4-5,8-12H2,1-3H3/t14-,17-/m1/s1. The van der Waals surface area contributed by atoms with Crippen LogP contribution in [0.25, 0.3) is 0 Å². The van der Waals surface area contributed by atoms with Gasteiger partial charge < -0.3 is 19.8 Å². The Morgan fingerprint density at radius 1 is 1.29 bits per heavy atom. The molecule has 1 N–H and O–H groups in total. The highest BCUT2D eigenvalue weighted by molar-refractivity contribution is 5.78. The fraction of sp³-hybridized carbons (Fsp3) is 0.706. The van der Waals surface area contributed by atoms with Crippen LogP contribution < -0.4 is 4.90 Å². The van der Waals surface area contributed by atoms with Crippen LogP contribution in [0.15, 0.2) is 12.4 Å². The summed E-state index contributed by atoms with van der Waals surface area (Å²) in [5.74, 6) is 1.07. The smallest absolute Gasteiger partial charge is 0.236 e. The Morgan fingerprint density at radius 2 is 2.00 bits per heavy atom. The van der Waals surface area contributed by atoms with E-state index in [0.29, 0.717) is 39.0 Å². The van der Waals surface area contributed by atoms with E-state index in [1.807, 2.05) is 30.8 Å². The fourth-order valence-corrected chi connectivity index (χ4v) is 3.80. The summed E-state index contributed by atoms with van der Waals surface area (Å²) in [6.45, 7) is 5.11. The van der Waals surface area contributed by atoms with Crippen molar-refractivity contribution < 1.29 is 9.90 Å². The van der Waals surface area contributed by atoms with Crippen LogP contribution in [-0.4, -0.2) is 83.2 Å². The number of hydrogen-bond acceptors (Lipinski definition) is 6. The third-order valence-corrected chi connectivity index (χ3v) is 5.23. The topological polar surface area (TPSA) is 72.8 Å². The van der Waals surface area contributed by atoms with E-state index in [1.165, 1.54) is 0 Å². The van der Waals surface area contributed by atoms with E-state index in [-0.39, 0.29) is 11.8 Å². The van der Waals surface area contributed by atoms with Crippen LogP contribution in [0.2, 0.25) is 0 Å². The molecule has 2 atom stereocenters. The monoisotopic (exact) mass is 333 g/mol. The van der Waals surface area contributed by atoms with Crippen molar-refractivity contribution in [3.05, 3.63) is 18.1 Å². The molecule has 0 bridgehead atoms. The summed E-state index contributed by atoms with van der Waals surface area (Å²) in [6, 6.07) is 0. The van der Waals surface area contributed by atoms with Gasteiger partial charge in [-0.15, -0.1) is 0 Å². The predicted octanol–water partition coefficient (Wildman–Crippen LogP) is 0.136. The van der Waals surface area contributed by atoms with Gasteiger partial charge in [-0.05, 0) is 33.9 Å². The highest BCUT2D eigenvalue weighted by atomic mass is 16.3. The molecule has 2 aliphatic rings. The molecule has 1 aromatic heterocycles. The van der Waals surface area contributed by atoms with Gasteiger partial charge in [0.2, 0.25) is 5.91 Å². The van der Waals surface area contributed by atoms with Crippen LogP contribution in [0.4, 0.5) is 5.82 Å². The molecule has 0 radical (unpaired) electrons. The van der Waals surface area contributed by atoms with Crippen molar-refractivity contribution in [2.75, 3.05) is 51.7 Å². The molecule has 0 aliphatic carbocycles. The van der Waals surface area contributed by atoms with E-state index in [9.17, 15) is 9.90 Å². The molecule has 132 valence electrons. The largest absolute Gasteiger partial charge is 0.389 e. The highest BCUT2D eigenvalue weighted by Gasteiger charge is 2.46. The molecule has 0 aromatic carbocycles. The Balaban J connectivity index is 1.72. The molecule has 0 saturated carbocycles. The van der Waals surface area contributed by atoms with Crippen LogP contribution in [-0.2, 0) is 4.79 Å². The second-order valence-corrected chi connectivity index (χ2v) is 7.29. The number of carbonyl (C=O) groups excluding carboxylic acids is 1. The minimum Gasteiger partial charge on any atom is -0.389 e. The van der Waals surface area contributed by atoms with Crippen molar-refractivity contribution in [3.63, 3.8) is 0 Å². The second kappa shape index (κ2) is 6.64. The maximum absolute atomic E-state index is 12.4. The number of amides is 1. The first kappa shape index (κ1) is 17.1. The van der Waals surface area contributed by atoms with Gasteiger partial charge >= 0.3 is 0 Å².